The molecule has 1 atom stereocenters. The van der Waals surface area contributed by atoms with Crippen LogP contribution in [0.4, 0.5) is 5.69 Å². The van der Waals surface area contributed by atoms with Gasteiger partial charge in [0.1, 0.15) is 0 Å². The highest BCUT2D eigenvalue weighted by atomic mass is 35.5. The third-order valence-corrected chi connectivity index (χ3v) is 4.78. The number of halogens is 1. The fraction of sp³-hybridized carbons (Fsp3) is 0.600. The van der Waals surface area contributed by atoms with Crippen LogP contribution in [0, 0.1) is 5.92 Å². The molecule has 0 aromatic heterocycles. The van der Waals surface area contributed by atoms with Crippen LogP contribution in [-0.2, 0) is 0 Å². The second-order valence-electron chi connectivity index (χ2n) is 5.58. The second-order valence-corrected chi connectivity index (χ2v) is 5.98. The van der Waals surface area contributed by atoms with Crippen molar-refractivity contribution >= 4 is 17.3 Å². The molecule has 1 aromatic rings. The Balaban J connectivity index is 1.80. The molecule has 1 aromatic carbocycles. The fourth-order valence-corrected chi connectivity index (χ4v) is 3.50. The lowest BCUT2D eigenvalue weighted by atomic mass is 9.84. The molecule has 0 spiro atoms. The summed E-state index contributed by atoms with van der Waals surface area (Å²) in [6, 6.07) is 4.22. The van der Waals surface area contributed by atoms with E-state index >= 15 is 0 Å². The van der Waals surface area contributed by atoms with Gasteiger partial charge in [0.25, 0.3) is 0 Å². The van der Waals surface area contributed by atoms with E-state index in [0.29, 0.717) is 22.6 Å². The van der Waals surface area contributed by atoms with Gasteiger partial charge in [-0.3, -0.25) is 0 Å². The third-order valence-electron chi connectivity index (χ3n) is 4.47. The molecule has 2 bridgehead atoms. The number of nitrogens with one attached hydrogen (secondary N) is 1. The van der Waals surface area contributed by atoms with Crippen LogP contribution in [0.3, 0.4) is 0 Å². The average Bonchev–Trinajstić information content (AvgIpc) is 2.50. The molecular formula is C15H21ClN2O2. The summed E-state index contributed by atoms with van der Waals surface area (Å²) < 4.78 is 10.6. The van der Waals surface area contributed by atoms with Crippen molar-refractivity contribution in [2.75, 3.05) is 39.2 Å². The van der Waals surface area contributed by atoms with E-state index in [0.717, 1.165) is 18.2 Å². The summed E-state index contributed by atoms with van der Waals surface area (Å²) in [5.74, 6) is 2.13. The average molecular weight is 297 g/mol. The van der Waals surface area contributed by atoms with Crippen molar-refractivity contribution in [2.24, 2.45) is 5.92 Å². The molecule has 4 nitrogen and oxygen atoms in total. The molecule has 4 rings (SSSR count). The Labute approximate surface area is 125 Å². The third kappa shape index (κ3) is 2.54. The summed E-state index contributed by atoms with van der Waals surface area (Å²) in [5.41, 5.74) is 0.933. The SMILES string of the molecule is COc1cc(Cl)c(NC2CN3CCC2CC3)cc1OC. The summed E-state index contributed by atoms with van der Waals surface area (Å²) in [5, 5.41) is 4.28. The minimum atomic E-state index is 0.480. The van der Waals surface area contributed by atoms with Crippen LogP contribution in [0.2, 0.25) is 5.02 Å². The summed E-state index contributed by atoms with van der Waals surface area (Å²) in [6.07, 6.45) is 2.56. The molecular weight excluding hydrogens is 276 g/mol. The number of ether oxygens (including phenoxy) is 2. The Morgan fingerprint density at radius 3 is 2.35 bits per heavy atom. The number of benzene rings is 1. The number of piperidine rings is 3. The molecule has 3 fully saturated rings. The van der Waals surface area contributed by atoms with Gasteiger partial charge in [0.05, 0.1) is 24.9 Å². The first-order chi connectivity index (χ1) is 9.71. The topological polar surface area (TPSA) is 33.7 Å². The van der Waals surface area contributed by atoms with Crippen molar-refractivity contribution in [1.82, 2.24) is 4.90 Å². The summed E-state index contributed by atoms with van der Waals surface area (Å²) >= 11 is 6.35. The normalized spacial score (nSPS) is 28.2. The molecule has 3 aliphatic rings. The van der Waals surface area contributed by atoms with E-state index in [9.17, 15) is 0 Å². The van der Waals surface area contributed by atoms with Crippen LogP contribution in [0.5, 0.6) is 11.5 Å². The number of rotatable bonds is 4. The number of hydrogen-bond acceptors (Lipinski definition) is 4. The minimum absolute atomic E-state index is 0.480. The first-order valence-corrected chi connectivity index (χ1v) is 7.49. The van der Waals surface area contributed by atoms with Gasteiger partial charge in [-0.05, 0) is 31.8 Å². The van der Waals surface area contributed by atoms with Gasteiger partial charge in [-0.2, -0.15) is 0 Å². The van der Waals surface area contributed by atoms with E-state index in [1.807, 2.05) is 12.1 Å². The molecule has 110 valence electrons. The van der Waals surface area contributed by atoms with E-state index in [-0.39, 0.29) is 0 Å². The zero-order chi connectivity index (χ0) is 14.1. The van der Waals surface area contributed by atoms with Crippen molar-refractivity contribution in [2.45, 2.75) is 18.9 Å². The maximum Gasteiger partial charge on any atom is 0.162 e. The molecule has 20 heavy (non-hydrogen) atoms. The molecule has 0 saturated carbocycles. The Hall–Kier alpha value is -1.13. The lowest BCUT2D eigenvalue weighted by Gasteiger charge is -2.45. The lowest BCUT2D eigenvalue weighted by molar-refractivity contribution is 0.0975. The molecule has 3 aliphatic heterocycles. The number of anilines is 1. The van der Waals surface area contributed by atoms with Gasteiger partial charge >= 0.3 is 0 Å². The summed E-state index contributed by atoms with van der Waals surface area (Å²) in [4.78, 5) is 2.52. The maximum absolute atomic E-state index is 6.35. The Kier molecular flexibility index (Phi) is 3.94. The fourth-order valence-electron chi connectivity index (χ4n) is 3.29. The van der Waals surface area contributed by atoms with Crippen molar-refractivity contribution < 1.29 is 9.47 Å². The van der Waals surface area contributed by atoms with Gasteiger partial charge in [-0.15, -0.1) is 0 Å². The number of hydrogen-bond donors (Lipinski definition) is 1. The van der Waals surface area contributed by atoms with Crippen LogP contribution >= 0.6 is 11.6 Å². The van der Waals surface area contributed by atoms with Crippen molar-refractivity contribution in [3.8, 4) is 11.5 Å². The quantitative estimate of drug-likeness (QED) is 0.926. The van der Waals surface area contributed by atoms with Crippen LogP contribution in [0.25, 0.3) is 0 Å². The van der Waals surface area contributed by atoms with E-state index in [2.05, 4.69) is 10.2 Å². The van der Waals surface area contributed by atoms with Crippen molar-refractivity contribution in [1.29, 1.82) is 0 Å². The zero-order valence-electron chi connectivity index (χ0n) is 12.0. The monoisotopic (exact) mass is 296 g/mol. The molecule has 5 heteroatoms. The molecule has 1 N–H and O–H groups in total. The lowest BCUT2D eigenvalue weighted by Crippen LogP contribution is -2.53. The predicted octanol–water partition coefficient (Wildman–Crippen LogP) is 2.86. The highest BCUT2D eigenvalue weighted by Crippen LogP contribution is 2.38. The van der Waals surface area contributed by atoms with Crippen LogP contribution < -0.4 is 14.8 Å². The van der Waals surface area contributed by atoms with E-state index in [4.69, 9.17) is 21.1 Å². The highest BCUT2D eigenvalue weighted by molar-refractivity contribution is 6.33. The number of nitrogens with zero attached hydrogens (tertiary/aromatic N) is 1. The molecule has 3 saturated heterocycles. The maximum atomic E-state index is 6.35. The van der Waals surface area contributed by atoms with Gasteiger partial charge in [-0.1, -0.05) is 11.6 Å². The van der Waals surface area contributed by atoms with Crippen molar-refractivity contribution in [3.63, 3.8) is 0 Å². The summed E-state index contributed by atoms with van der Waals surface area (Å²) in [6.45, 7) is 3.58. The Morgan fingerprint density at radius 2 is 1.80 bits per heavy atom. The zero-order valence-corrected chi connectivity index (χ0v) is 12.7. The minimum Gasteiger partial charge on any atom is -0.493 e. The molecule has 0 aliphatic carbocycles. The van der Waals surface area contributed by atoms with Gasteiger partial charge in [0.2, 0.25) is 0 Å². The number of methoxy groups -OCH3 is 2. The first-order valence-electron chi connectivity index (χ1n) is 7.11. The number of fused-ring (bicyclic) bond motifs is 3. The van der Waals surface area contributed by atoms with Crippen molar-refractivity contribution in [3.05, 3.63) is 17.2 Å². The smallest absolute Gasteiger partial charge is 0.162 e. The standard InChI is InChI=1S/C15H21ClN2O2/c1-19-14-7-11(16)12(8-15(14)20-2)17-13-9-18-5-3-10(13)4-6-18/h7-8,10,13,17H,3-6,9H2,1-2H3. The summed E-state index contributed by atoms with van der Waals surface area (Å²) in [7, 11) is 3.26. The van der Waals surface area contributed by atoms with Gasteiger partial charge < -0.3 is 19.7 Å². The first kappa shape index (κ1) is 13.8. The van der Waals surface area contributed by atoms with Crippen LogP contribution in [0.15, 0.2) is 12.1 Å². The Bertz CT molecular complexity index is 487. The highest BCUT2D eigenvalue weighted by Gasteiger charge is 2.34. The molecule has 0 radical (unpaired) electrons. The Morgan fingerprint density at radius 1 is 1.15 bits per heavy atom. The van der Waals surface area contributed by atoms with Gasteiger partial charge in [0, 0.05) is 24.7 Å². The van der Waals surface area contributed by atoms with E-state index < -0.39 is 0 Å². The van der Waals surface area contributed by atoms with Gasteiger partial charge in [-0.25, -0.2) is 0 Å². The molecule has 1 unspecified atom stereocenters. The molecule has 3 heterocycles. The largest absolute Gasteiger partial charge is 0.493 e. The van der Waals surface area contributed by atoms with Crippen LogP contribution in [0.1, 0.15) is 12.8 Å². The van der Waals surface area contributed by atoms with Crippen LogP contribution in [-0.4, -0.2) is 44.8 Å². The van der Waals surface area contributed by atoms with E-state index in [1.54, 1.807) is 14.2 Å². The second kappa shape index (κ2) is 5.70. The van der Waals surface area contributed by atoms with E-state index in [1.165, 1.54) is 25.9 Å². The molecule has 0 amide bonds. The predicted molar refractivity (Wildman–Crippen MR) is 81.1 cm³/mol. The van der Waals surface area contributed by atoms with Gasteiger partial charge in [0.15, 0.2) is 11.5 Å².